The number of amides is 1. The summed E-state index contributed by atoms with van der Waals surface area (Å²) in [7, 11) is 7.35. The molecule has 23 heavy (non-hydrogen) atoms. The Balaban J connectivity index is -0.0000000598. The lowest BCUT2D eigenvalue weighted by Gasteiger charge is -1.90. The van der Waals surface area contributed by atoms with Crippen LogP contribution in [0.2, 0.25) is 0 Å². The van der Waals surface area contributed by atoms with Gasteiger partial charge in [-0.25, -0.2) is 0 Å². The molecule has 0 rings (SSSR count). The molecule has 0 saturated carbocycles. The van der Waals surface area contributed by atoms with Crippen LogP contribution in [0.1, 0.15) is 61.3 Å². The molecule has 0 aromatic rings. The highest BCUT2D eigenvalue weighted by atomic mass is 16.5. The minimum Gasteiger partial charge on any atom is -0.469 e. The monoisotopic (exact) mass is 336 g/mol. The lowest BCUT2D eigenvalue weighted by molar-refractivity contribution is -0.138. The molecule has 0 unspecified atom stereocenters. The van der Waals surface area contributed by atoms with E-state index in [1.165, 1.54) is 27.4 Å². The van der Waals surface area contributed by atoms with Crippen LogP contribution in [-0.2, 0) is 19.1 Å². The van der Waals surface area contributed by atoms with E-state index in [1.807, 2.05) is 39.9 Å². The molecular formula is C17H40N2O4. The van der Waals surface area contributed by atoms with Gasteiger partial charge in [0.25, 0.3) is 0 Å². The maximum absolute atomic E-state index is 9.93. The first kappa shape index (κ1) is 33.2. The van der Waals surface area contributed by atoms with E-state index in [0.29, 0.717) is 6.42 Å². The largest absolute Gasteiger partial charge is 0.469 e. The summed E-state index contributed by atoms with van der Waals surface area (Å²) in [5, 5.41) is 2.57. The van der Waals surface area contributed by atoms with E-state index in [4.69, 9.17) is 0 Å². The van der Waals surface area contributed by atoms with Crippen molar-refractivity contribution in [2.45, 2.75) is 61.3 Å². The molecule has 0 aliphatic heterocycles. The molecular weight excluding hydrogens is 296 g/mol. The van der Waals surface area contributed by atoms with Crippen LogP contribution in [0.5, 0.6) is 0 Å². The van der Waals surface area contributed by atoms with Gasteiger partial charge in [0.05, 0.1) is 7.11 Å². The summed E-state index contributed by atoms with van der Waals surface area (Å²) in [4.78, 5) is 31.3. The Bertz CT molecular complexity index is 238. The first-order valence-electron chi connectivity index (χ1n) is 7.85. The summed E-state index contributed by atoms with van der Waals surface area (Å²) in [6.07, 6.45) is 1.92. The van der Waals surface area contributed by atoms with Gasteiger partial charge in [0.2, 0.25) is 5.91 Å². The van der Waals surface area contributed by atoms with Crippen LogP contribution >= 0.6 is 0 Å². The zero-order valence-electron chi connectivity index (χ0n) is 17.2. The lowest BCUT2D eigenvalue weighted by atomic mass is 10.4. The highest BCUT2D eigenvalue weighted by Crippen LogP contribution is 1.71. The number of carbonyl (C=O) groups is 3. The Morgan fingerprint density at radius 3 is 1.13 bits per heavy atom. The first-order chi connectivity index (χ1) is 10.5. The number of ether oxygens (including phenoxy) is 1. The van der Waals surface area contributed by atoms with Gasteiger partial charge in [-0.15, -0.1) is 0 Å². The Labute approximate surface area is 144 Å². The van der Waals surface area contributed by atoms with Gasteiger partial charge in [0, 0.05) is 26.8 Å². The summed E-state index contributed by atoms with van der Waals surface area (Å²) in [5.74, 6) is 0.0486. The number of nitrogens with zero attached hydrogens (tertiary/aromatic N) is 1. The smallest absolute Gasteiger partial charge is 0.302 e. The second-order valence-electron chi connectivity index (χ2n) is 4.89. The molecule has 6 nitrogen and oxygen atoms in total. The SMILES string of the molecule is CCC.CCC(C)=O.CCNC(C)=O.CN(C)C.COC(C)=O. The number of rotatable bonds is 2. The Morgan fingerprint density at radius 1 is 0.913 bits per heavy atom. The van der Waals surface area contributed by atoms with E-state index < -0.39 is 0 Å². The Morgan fingerprint density at radius 2 is 1.13 bits per heavy atom. The summed E-state index contributed by atoms with van der Waals surface area (Å²) >= 11 is 0. The number of Topliss-reactive ketones (excluding diaryl/α,β-unsaturated/α-hetero) is 1. The molecule has 1 amide bonds. The van der Waals surface area contributed by atoms with Crippen molar-refractivity contribution in [2.24, 2.45) is 0 Å². The lowest BCUT2D eigenvalue weighted by Crippen LogP contribution is -2.18. The van der Waals surface area contributed by atoms with Crippen molar-refractivity contribution >= 4 is 17.7 Å². The van der Waals surface area contributed by atoms with Crippen molar-refractivity contribution in [3.63, 3.8) is 0 Å². The molecule has 0 aliphatic carbocycles. The molecule has 1 N–H and O–H groups in total. The maximum Gasteiger partial charge on any atom is 0.302 e. The molecule has 0 saturated heterocycles. The van der Waals surface area contributed by atoms with Gasteiger partial charge in [-0.05, 0) is 35.0 Å². The van der Waals surface area contributed by atoms with Crippen molar-refractivity contribution in [1.82, 2.24) is 10.2 Å². The van der Waals surface area contributed by atoms with Gasteiger partial charge >= 0.3 is 5.97 Å². The minimum atomic E-state index is -0.245. The van der Waals surface area contributed by atoms with Gasteiger partial charge in [0.1, 0.15) is 5.78 Å². The Hall–Kier alpha value is -1.43. The third kappa shape index (κ3) is 229. The third-order valence-corrected chi connectivity index (χ3v) is 1.21. The minimum absolute atomic E-state index is 0.0394. The van der Waals surface area contributed by atoms with Crippen LogP contribution in [0.3, 0.4) is 0 Å². The maximum atomic E-state index is 9.93. The molecule has 6 heteroatoms. The summed E-state index contributed by atoms with van der Waals surface area (Å²) in [6, 6.07) is 0. The van der Waals surface area contributed by atoms with E-state index in [2.05, 4.69) is 23.9 Å². The number of hydrogen-bond donors (Lipinski definition) is 1. The number of nitrogens with one attached hydrogen (secondary N) is 1. The van der Waals surface area contributed by atoms with Crippen LogP contribution in [0.15, 0.2) is 0 Å². The zero-order valence-corrected chi connectivity index (χ0v) is 17.2. The van der Waals surface area contributed by atoms with Crippen molar-refractivity contribution in [1.29, 1.82) is 0 Å². The third-order valence-electron chi connectivity index (χ3n) is 1.21. The molecule has 0 aromatic carbocycles. The van der Waals surface area contributed by atoms with E-state index in [-0.39, 0.29) is 17.7 Å². The number of ketones is 1. The van der Waals surface area contributed by atoms with E-state index in [1.54, 1.807) is 6.92 Å². The number of carbonyl (C=O) groups excluding carboxylic acids is 3. The number of esters is 1. The zero-order chi connectivity index (χ0) is 19.8. The summed E-state index contributed by atoms with van der Waals surface area (Å²) < 4.78 is 4.11. The van der Waals surface area contributed by atoms with Crippen LogP contribution in [0.25, 0.3) is 0 Å². The van der Waals surface area contributed by atoms with E-state index in [9.17, 15) is 14.4 Å². The molecule has 0 heterocycles. The van der Waals surface area contributed by atoms with Crippen LogP contribution in [-0.4, -0.2) is 57.4 Å². The molecule has 0 atom stereocenters. The predicted molar refractivity (Wildman–Crippen MR) is 98.6 cm³/mol. The fourth-order valence-electron chi connectivity index (χ4n) is 0.249. The molecule has 0 aromatic heterocycles. The fourth-order valence-corrected chi connectivity index (χ4v) is 0.249. The summed E-state index contributed by atoms with van der Waals surface area (Å²) in [6.45, 7) is 13.2. The van der Waals surface area contributed by atoms with Gasteiger partial charge in [-0.2, -0.15) is 0 Å². The van der Waals surface area contributed by atoms with Crippen LogP contribution < -0.4 is 5.32 Å². The molecule has 0 spiro atoms. The van der Waals surface area contributed by atoms with E-state index >= 15 is 0 Å². The topological polar surface area (TPSA) is 75.7 Å². The number of hydrogen-bond acceptors (Lipinski definition) is 5. The first-order valence-corrected chi connectivity index (χ1v) is 7.85. The highest BCUT2D eigenvalue weighted by molar-refractivity contribution is 5.74. The van der Waals surface area contributed by atoms with Crippen LogP contribution in [0, 0.1) is 0 Å². The molecule has 0 fully saturated rings. The summed E-state index contributed by atoms with van der Waals surface area (Å²) in [5.41, 5.74) is 0. The average molecular weight is 337 g/mol. The van der Waals surface area contributed by atoms with Crippen molar-refractivity contribution in [2.75, 3.05) is 34.8 Å². The van der Waals surface area contributed by atoms with Crippen molar-refractivity contribution < 1.29 is 19.1 Å². The quantitative estimate of drug-likeness (QED) is 0.785. The number of methoxy groups -OCH3 is 1. The molecule has 0 aliphatic rings. The van der Waals surface area contributed by atoms with Gasteiger partial charge in [-0.1, -0.05) is 27.2 Å². The van der Waals surface area contributed by atoms with Gasteiger partial charge in [0.15, 0.2) is 0 Å². The molecule has 0 bridgehead atoms. The molecule has 0 radical (unpaired) electrons. The van der Waals surface area contributed by atoms with Crippen molar-refractivity contribution in [3.05, 3.63) is 0 Å². The van der Waals surface area contributed by atoms with E-state index in [0.717, 1.165) is 6.54 Å². The standard InChI is InChI=1S/C4H9NO.C4H8O.C3H9N.C3H6O2.C3H8/c1-3-5-4(2)6;1-3-4(2)5;1-4(2)3;1-3(4)5-2;1-3-2/h3H2,1-2H3,(H,5,6);3H2,1-2H3;1-3H3;1-2H3;3H2,1-2H3. The molecule has 142 valence electrons. The normalized spacial score (nSPS) is 7.48. The second-order valence-corrected chi connectivity index (χ2v) is 4.89. The fraction of sp³-hybridized carbons (Fsp3) is 0.824. The van der Waals surface area contributed by atoms with Gasteiger partial charge < -0.3 is 19.7 Å². The van der Waals surface area contributed by atoms with Gasteiger partial charge in [-0.3, -0.25) is 9.59 Å². The Kier molecular flexibility index (Phi) is 47.0. The van der Waals surface area contributed by atoms with Crippen LogP contribution in [0.4, 0.5) is 0 Å². The second kappa shape index (κ2) is 32.5. The highest BCUT2D eigenvalue weighted by Gasteiger charge is 1.79. The van der Waals surface area contributed by atoms with Crippen molar-refractivity contribution in [3.8, 4) is 0 Å². The average Bonchev–Trinajstić information content (AvgIpc) is 2.40. The predicted octanol–water partition coefficient (Wildman–Crippen LogP) is 2.90.